The summed E-state index contributed by atoms with van der Waals surface area (Å²) in [7, 11) is 0. The summed E-state index contributed by atoms with van der Waals surface area (Å²) in [6.45, 7) is 0. The zero-order valence-corrected chi connectivity index (χ0v) is 9.06. The van der Waals surface area contributed by atoms with Crippen molar-refractivity contribution in [2.24, 2.45) is 0 Å². The Morgan fingerprint density at radius 3 is 2.53 bits per heavy atom. The zero-order chi connectivity index (χ0) is 10.5. The molecule has 0 radical (unpaired) electrons. The zero-order valence-electron chi connectivity index (χ0n) is 8.31. The van der Waals surface area contributed by atoms with Crippen LogP contribution in [0.4, 0.5) is 0 Å². The molecule has 1 aromatic carbocycles. The van der Waals surface area contributed by atoms with E-state index in [-0.39, 0.29) is 5.38 Å². The Bertz CT molecular complexity index is 399. The summed E-state index contributed by atoms with van der Waals surface area (Å²) >= 11 is 6.30. The Morgan fingerprint density at radius 2 is 1.87 bits per heavy atom. The Hall–Kier alpha value is -1.34. The molecule has 0 amide bonds. The van der Waals surface area contributed by atoms with Gasteiger partial charge >= 0.3 is 0 Å². The Labute approximate surface area is 94.7 Å². The van der Waals surface area contributed by atoms with Gasteiger partial charge in [0.25, 0.3) is 0 Å². The number of halogens is 1. The average molecular weight is 218 g/mol. The highest BCUT2D eigenvalue weighted by Crippen LogP contribution is 2.23. The average Bonchev–Trinajstić information content (AvgIpc) is 2.31. The van der Waals surface area contributed by atoms with Crippen LogP contribution >= 0.6 is 11.6 Å². The van der Waals surface area contributed by atoms with E-state index in [4.69, 9.17) is 11.6 Å². The van der Waals surface area contributed by atoms with Gasteiger partial charge in [-0.15, -0.1) is 11.6 Å². The third-order valence-electron chi connectivity index (χ3n) is 2.30. The van der Waals surface area contributed by atoms with Gasteiger partial charge in [0, 0.05) is 12.4 Å². The third kappa shape index (κ3) is 2.80. The van der Waals surface area contributed by atoms with Gasteiger partial charge in [-0.3, -0.25) is 4.98 Å². The highest BCUT2D eigenvalue weighted by Gasteiger charge is 2.07. The van der Waals surface area contributed by atoms with Crippen LogP contribution in [-0.4, -0.2) is 4.98 Å². The van der Waals surface area contributed by atoms with Crippen LogP contribution in [0, 0.1) is 0 Å². The lowest BCUT2D eigenvalue weighted by Gasteiger charge is -2.08. The topological polar surface area (TPSA) is 12.9 Å². The molecule has 0 spiro atoms. The maximum absolute atomic E-state index is 6.30. The van der Waals surface area contributed by atoms with Crippen molar-refractivity contribution in [2.45, 2.75) is 11.8 Å². The van der Waals surface area contributed by atoms with Crippen molar-refractivity contribution < 1.29 is 0 Å². The van der Waals surface area contributed by atoms with Crippen LogP contribution in [0.1, 0.15) is 16.5 Å². The first-order chi connectivity index (χ1) is 7.36. The van der Waals surface area contributed by atoms with Crippen molar-refractivity contribution in [2.75, 3.05) is 0 Å². The van der Waals surface area contributed by atoms with E-state index in [2.05, 4.69) is 17.1 Å². The largest absolute Gasteiger partial charge is 0.264 e. The fourth-order valence-electron chi connectivity index (χ4n) is 1.50. The fraction of sp³-hybridized carbons (Fsp3) is 0.154. The molecule has 1 heterocycles. The minimum Gasteiger partial charge on any atom is -0.264 e. The van der Waals surface area contributed by atoms with Crippen molar-refractivity contribution in [3.05, 3.63) is 66.0 Å². The SMILES string of the molecule is ClC(Cc1ccccc1)c1cccnc1. The second kappa shape index (κ2) is 4.94. The van der Waals surface area contributed by atoms with Crippen molar-refractivity contribution in [3.8, 4) is 0 Å². The van der Waals surface area contributed by atoms with Gasteiger partial charge < -0.3 is 0 Å². The molecular formula is C13H12ClN. The maximum atomic E-state index is 6.30. The highest BCUT2D eigenvalue weighted by atomic mass is 35.5. The summed E-state index contributed by atoms with van der Waals surface area (Å²) in [5.74, 6) is 0. The van der Waals surface area contributed by atoms with E-state index < -0.39 is 0 Å². The third-order valence-corrected chi connectivity index (χ3v) is 2.71. The molecule has 1 atom stereocenters. The molecule has 0 fully saturated rings. The van der Waals surface area contributed by atoms with Crippen LogP contribution in [-0.2, 0) is 6.42 Å². The number of nitrogens with zero attached hydrogens (tertiary/aromatic N) is 1. The molecule has 1 unspecified atom stereocenters. The number of rotatable bonds is 3. The van der Waals surface area contributed by atoms with E-state index in [1.807, 2.05) is 36.5 Å². The molecule has 0 saturated carbocycles. The van der Waals surface area contributed by atoms with Crippen molar-refractivity contribution >= 4 is 11.6 Å². The van der Waals surface area contributed by atoms with Gasteiger partial charge in [0.15, 0.2) is 0 Å². The van der Waals surface area contributed by atoms with Crippen LogP contribution < -0.4 is 0 Å². The van der Waals surface area contributed by atoms with Gasteiger partial charge in [-0.25, -0.2) is 0 Å². The van der Waals surface area contributed by atoms with Gasteiger partial charge in [-0.05, 0) is 23.6 Å². The molecular weight excluding hydrogens is 206 g/mol. The number of benzene rings is 1. The normalized spacial score (nSPS) is 12.3. The monoisotopic (exact) mass is 217 g/mol. The van der Waals surface area contributed by atoms with E-state index >= 15 is 0 Å². The van der Waals surface area contributed by atoms with Gasteiger partial charge in [0.05, 0.1) is 5.38 Å². The summed E-state index contributed by atoms with van der Waals surface area (Å²) in [6, 6.07) is 14.2. The van der Waals surface area contributed by atoms with Crippen LogP contribution in [0.15, 0.2) is 54.9 Å². The molecule has 1 aromatic heterocycles. The molecule has 0 saturated heterocycles. The first-order valence-electron chi connectivity index (χ1n) is 4.94. The Morgan fingerprint density at radius 1 is 1.07 bits per heavy atom. The van der Waals surface area contributed by atoms with Gasteiger partial charge in [0.2, 0.25) is 0 Å². The standard InChI is InChI=1S/C13H12ClN/c14-13(12-7-4-8-15-10-12)9-11-5-2-1-3-6-11/h1-8,10,13H,9H2. The van der Waals surface area contributed by atoms with Crippen molar-refractivity contribution in [1.29, 1.82) is 0 Å². The van der Waals surface area contributed by atoms with E-state index in [1.165, 1.54) is 5.56 Å². The lowest BCUT2D eigenvalue weighted by atomic mass is 10.1. The molecule has 15 heavy (non-hydrogen) atoms. The van der Waals surface area contributed by atoms with Crippen LogP contribution in [0.3, 0.4) is 0 Å². The predicted molar refractivity (Wildman–Crippen MR) is 63.0 cm³/mol. The molecule has 1 nitrogen and oxygen atoms in total. The second-order valence-electron chi connectivity index (χ2n) is 3.44. The van der Waals surface area contributed by atoms with E-state index in [0.29, 0.717) is 0 Å². The number of alkyl halides is 1. The number of hydrogen-bond donors (Lipinski definition) is 0. The van der Waals surface area contributed by atoms with Crippen LogP contribution in [0.2, 0.25) is 0 Å². The molecule has 0 bridgehead atoms. The minimum atomic E-state index is 0.00102. The molecule has 0 aliphatic carbocycles. The number of hydrogen-bond acceptors (Lipinski definition) is 1. The molecule has 2 rings (SSSR count). The maximum Gasteiger partial charge on any atom is 0.0640 e. The van der Waals surface area contributed by atoms with E-state index in [0.717, 1.165) is 12.0 Å². The summed E-state index contributed by atoms with van der Waals surface area (Å²) in [5, 5.41) is 0.00102. The minimum absolute atomic E-state index is 0.00102. The molecule has 0 aliphatic rings. The molecule has 2 heteroatoms. The number of pyridine rings is 1. The van der Waals surface area contributed by atoms with Gasteiger partial charge in [-0.1, -0.05) is 36.4 Å². The first kappa shape index (κ1) is 10.2. The van der Waals surface area contributed by atoms with Gasteiger partial charge in [0.1, 0.15) is 0 Å². The Balaban J connectivity index is 2.08. The summed E-state index contributed by atoms with van der Waals surface area (Å²) in [4.78, 5) is 4.06. The van der Waals surface area contributed by atoms with Crippen LogP contribution in [0.25, 0.3) is 0 Å². The van der Waals surface area contributed by atoms with Crippen LogP contribution in [0.5, 0.6) is 0 Å². The lowest BCUT2D eigenvalue weighted by Crippen LogP contribution is -1.95. The molecule has 76 valence electrons. The number of aromatic nitrogens is 1. The van der Waals surface area contributed by atoms with Crippen molar-refractivity contribution in [1.82, 2.24) is 4.98 Å². The Kier molecular flexibility index (Phi) is 3.36. The quantitative estimate of drug-likeness (QED) is 0.716. The van der Waals surface area contributed by atoms with E-state index in [1.54, 1.807) is 6.20 Å². The predicted octanol–water partition coefficient (Wildman–Crippen LogP) is 3.60. The van der Waals surface area contributed by atoms with E-state index in [9.17, 15) is 0 Å². The fourth-order valence-corrected chi connectivity index (χ4v) is 1.81. The lowest BCUT2D eigenvalue weighted by molar-refractivity contribution is 0.911. The smallest absolute Gasteiger partial charge is 0.0640 e. The summed E-state index contributed by atoms with van der Waals surface area (Å²) in [6.07, 6.45) is 4.42. The highest BCUT2D eigenvalue weighted by molar-refractivity contribution is 6.20. The second-order valence-corrected chi connectivity index (χ2v) is 3.97. The summed E-state index contributed by atoms with van der Waals surface area (Å²) in [5.41, 5.74) is 2.32. The summed E-state index contributed by atoms with van der Waals surface area (Å²) < 4.78 is 0. The van der Waals surface area contributed by atoms with Crippen molar-refractivity contribution in [3.63, 3.8) is 0 Å². The first-order valence-corrected chi connectivity index (χ1v) is 5.38. The molecule has 2 aromatic rings. The molecule has 0 aliphatic heterocycles. The van der Waals surface area contributed by atoms with Gasteiger partial charge in [-0.2, -0.15) is 0 Å². The molecule has 0 N–H and O–H groups in total.